The molecule has 0 aliphatic carbocycles. The summed E-state index contributed by atoms with van der Waals surface area (Å²) in [5.74, 6) is 0.137. The lowest BCUT2D eigenvalue weighted by Gasteiger charge is -2.47. The standard InChI is InChI=1S/C14H21N3O5S/c1-10-12(15-9-22-10)13(19)16-7-5-14(11(18)8-16)4-3-6-17(14)23(2,20)21/h9,11,18H,3-8H2,1-2H3/t11-,14-/m0/s1. The number of hydrogen-bond donors (Lipinski definition) is 1. The maximum absolute atomic E-state index is 12.5. The van der Waals surface area contributed by atoms with Crippen molar-refractivity contribution in [3.8, 4) is 0 Å². The summed E-state index contributed by atoms with van der Waals surface area (Å²) in [4.78, 5) is 17.9. The second-order valence-electron chi connectivity index (χ2n) is 6.32. The molecular weight excluding hydrogens is 322 g/mol. The molecule has 0 radical (unpaired) electrons. The number of hydrogen-bond acceptors (Lipinski definition) is 6. The van der Waals surface area contributed by atoms with Crippen LogP contribution in [0, 0.1) is 6.92 Å². The second-order valence-corrected chi connectivity index (χ2v) is 8.22. The van der Waals surface area contributed by atoms with E-state index in [1.807, 2.05) is 0 Å². The molecule has 9 heteroatoms. The summed E-state index contributed by atoms with van der Waals surface area (Å²) in [6, 6.07) is 0. The molecule has 3 rings (SSSR count). The summed E-state index contributed by atoms with van der Waals surface area (Å²) in [5.41, 5.74) is -0.553. The molecule has 2 aliphatic heterocycles. The molecule has 8 nitrogen and oxygen atoms in total. The van der Waals surface area contributed by atoms with Gasteiger partial charge in [0.1, 0.15) is 5.76 Å². The molecule has 1 amide bonds. The van der Waals surface area contributed by atoms with Crippen LogP contribution in [-0.4, -0.2) is 71.2 Å². The minimum atomic E-state index is -3.39. The van der Waals surface area contributed by atoms with E-state index >= 15 is 0 Å². The molecule has 1 N–H and O–H groups in total. The number of aromatic nitrogens is 1. The Kier molecular flexibility index (Phi) is 3.97. The molecule has 1 aromatic rings. The lowest BCUT2D eigenvalue weighted by atomic mass is 9.83. The van der Waals surface area contributed by atoms with Crippen LogP contribution in [0.5, 0.6) is 0 Å². The van der Waals surface area contributed by atoms with Crippen LogP contribution >= 0.6 is 0 Å². The van der Waals surface area contributed by atoms with Gasteiger partial charge in [0.15, 0.2) is 12.1 Å². The van der Waals surface area contributed by atoms with Gasteiger partial charge in [-0.1, -0.05) is 0 Å². The number of β-amino-alcohol motifs (C(OH)–C–C–N with tert-alkyl or cyclic N) is 1. The molecule has 2 atom stereocenters. The van der Waals surface area contributed by atoms with E-state index in [1.54, 1.807) is 6.92 Å². The van der Waals surface area contributed by atoms with Gasteiger partial charge in [0, 0.05) is 19.6 Å². The topological polar surface area (TPSA) is 104 Å². The SMILES string of the molecule is Cc1ocnc1C(=O)N1CC[C@@]2(CCCN2S(C)(=O)=O)[C@@H](O)C1. The first-order valence-electron chi connectivity index (χ1n) is 7.61. The highest BCUT2D eigenvalue weighted by Gasteiger charge is 2.53. The van der Waals surface area contributed by atoms with Crippen LogP contribution in [0.15, 0.2) is 10.8 Å². The van der Waals surface area contributed by atoms with Gasteiger partial charge < -0.3 is 14.4 Å². The number of aliphatic hydroxyl groups excluding tert-OH is 1. The number of likely N-dealkylation sites (tertiary alicyclic amines) is 1. The van der Waals surface area contributed by atoms with Crippen LogP contribution in [0.1, 0.15) is 35.5 Å². The summed E-state index contributed by atoms with van der Waals surface area (Å²) < 4.78 is 30.5. The van der Waals surface area contributed by atoms with Crippen molar-refractivity contribution in [3.63, 3.8) is 0 Å². The number of carbonyl (C=O) groups is 1. The van der Waals surface area contributed by atoms with Crippen molar-refractivity contribution in [2.75, 3.05) is 25.9 Å². The van der Waals surface area contributed by atoms with E-state index in [-0.39, 0.29) is 18.1 Å². The van der Waals surface area contributed by atoms with Gasteiger partial charge in [0.25, 0.3) is 5.91 Å². The van der Waals surface area contributed by atoms with E-state index in [0.29, 0.717) is 31.7 Å². The number of aliphatic hydroxyl groups is 1. The van der Waals surface area contributed by atoms with Crippen LogP contribution in [0.4, 0.5) is 0 Å². The summed E-state index contributed by atoms with van der Waals surface area (Å²) in [5, 5.41) is 10.6. The molecular formula is C14H21N3O5S. The summed E-state index contributed by atoms with van der Waals surface area (Å²) in [6.07, 6.45) is 3.23. The van der Waals surface area contributed by atoms with Crippen molar-refractivity contribution in [3.05, 3.63) is 17.8 Å². The van der Waals surface area contributed by atoms with Gasteiger partial charge in [-0.05, 0) is 26.2 Å². The smallest absolute Gasteiger partial charge is 0.276 e. The highest BCUT2D eigenvalue weighted by atomic mass is 32.2. The molecule has 23 heavy (non-hydrogen) atoms. The van der Waals surface area contributed by atoms with Crippen molar-refractivity contribution in [1.29, 1.82) is 0 Å². The quantitative estimate of drug-likeness (QED) is 0.809. The second kappa shape index (κ2) is 5.57. The Hall–Kier alpha value is -1.45. The Morgan fingerprint density at radius 3 is 2.74 bits per heavy atom. The molecule has 2 saturated heterocycles. The molecule has 0 saturated carbocycles. The first-order valence-corrected chi connectivity index (χ1v) is 9.46. The number of oxazole rings is 1. The van der Waals surface area contributed by atoms with Crippen molar-refractivity contribution < 1.29 is 22.7 Å². The van der Waals surface area contributed by atoms with E-state index < -0.39 is 21.7 Å². The third-order valence-electron chi connectivity index (χ3n) is 4.93. The number of carbonyl (C=O) groups excluding carboxylic acids is 1. The van der Waals surface area contributed by atoms with Gasteiger partial charge in [0.05, 0.1) is 17.9 Å². The third-order valence-corrected chi connectivity index (χ3v) is 6.28. The lowest BCUT2D eigenvalue weighted by molar-refractivity contribution is -0.0294. The highest BCUT2D eigenvalue weighted by molar-refractivity contribution is 7.88. The fourth-order valence-corrected chi connectivity index (χ4v) is 5.19. The summed E-state index contributed by atoms with van der Waals surface area (Å²) in [6.45, 7) is 2.56. The number of nitrogens with zero attached hydrogens (tertiary/aromatic N) is 3. The maximum Gasteiger partial charge on any atom is 0.276 e. The van der Waals surface area contributed by atoms with Crippen molar-refractivity contribution in [2.24, 2.45) is 0 Å². The van der Waals surface area contributed by atoms with E-state index in [0.717, 1.165) is 6.42 Å². The minimum Gasteiger partial charge on any atom is -0.448 e. The lowest BCUT2D eigenvalue weighted by Crippen LogP contribution is -2.63. The third kappa shape index (κ3) is 2.66. The summed E-state index contributed by atoms with van der Waals surface area (Å²) >= 11 is 0. The first kappa shape index (κ1) is 16.4. The van der Waals surface area contributed by atoms with Crippen LogP contribution in [0.2, 0.25) is 0 Å². The Morgan fingerprint density at radius 2 is 2.17 bits per heavy atom. The molecule has 1 spiro atoms. The molecule has 3 heterocycles. The number of amides is 1. The Labute approximate surface area is 135 Å². The fraction of sp³-hybridized carbons (Fsp3) is 0.714. The van der Waals surface area contributed by atoms with Crippen molar-refractivity contribution in [1.82, 2.24) is 14.2 Å². The fourth-order valence-electron chi connectivity index (χ4n) is 3.76. The number of aryl methyl sites for hydroxylation is 1. The van der Waals surface area contributed by atoms with Gasteiger partial charge in [-0.15, -0.1) is 0 Å². The predicted octanol–water partition coefficient (Wildman–Crippen LogP) is -0.0160. The van der Waals surface area contributed by atoms with Crippen molar-refractivity contribution >= 4 is 15.9 Å². The van der Waals surface area contributed by atoms with Crippen LogP contribution in [0.25, 0.3) is 0 Å². The van der Waals surface area contributed by atoms with E-state index in [4.69, 9.17) is 4.42 Å². The largest absolute Gasteiger partial charge is 0.448 e. The highest BCUT2D eigenvalue weighted by Crippen LogP contribution is 2.40. The predicted molar refractivity (Wildman–Crippen MR) is 81.3 cm³/mol. The molecule has 1 aromatic heterocycles. The first-order chi connectivity index (χ1) is 10.8. The minimum absolute atomic E-state index is 0.0944. The van der Waals surface area contributed by atoms with Gasteiger partial charge in [-0.2, -0.15) is 4.31 Å². The molecule has 2 fully saturated rings. The Morgan fingerprint density at radius 1 is 1.43 bits per heavy atom. The maximum atomic E-state index is 12.5. The Balaban J connectivity index is 1.80. The number of piperidine rings is 1. The molecule has 128 valence electrons. The van der Waals surface area contributed by atoms with Crippen LogP contribution in [-0.2, 0) is 10.0 Å². The Bertz CT molecular complexity index is 716. The zero-order chi connectivity index (χ0) is 16.8. The van der Waals surface area contributed by atoms with E-state index in [9.17, 15) is 18.3 Å². The zero-order valence-electron chi connectivity index (χ0n) is 13.2. The summed E-state index contributed by atoms with van der Waals surface area (Å²) in [7, 11) is -3.39. The molecule has 0 unspecified atom stereocenters. The van der Waals surface area contributed by atoms with Gasteiger partial charge >= 0.3 is 0 Å². The normalized spacial score (nSPS) is 29.3. The average Bonchev–Trinajstić information content (AvgIpc) is 3.08. The molecule has 2 aliphatic rings. The molecule has 0 aromatic carbocycles. The van der Waals surface area contributed by atoms with E-state index in [1.165, 1.54) is 21.9 Å². The average molecular weight is 343 g/mol. The van der Waals surface area contributed by atoms with Gasteiger partial charge in [0.2, 0.25) is 10.0 Å². The molecule has 0 bridgehead atoms. The van der Waals surface area contributed by atoms with Gasteiger partial charge in [-0.25, -0.2) is 13.4 Å². The van der Waals surface area contributed by atoms with Crippen LogP contribution < -0.4 is 0 Å². The van der Waals surface area contributed by atoms with Crippen LogP contribution in [0.3, 0.4) is 0 Å². The van der Waals surface area contributed by atoms with Gasteiger partial charge in [-0.3, -0.25) is 4.79 Å². The number of sulfonamides is 1. The zero-order valence-corrected chi connectivity index (χ0v) is 14.0. The van der Waals surface area contributed by atoms with Crippen molar-refractivity contribution in [2.45, 2.75) is 37.8 Å². The monoisotopic (exact) mass is 343 g/mol. The van der Waals surface area contributed by atoms with E-state index in [2.05, 4.69) is 4.98 Å². The number of rotatable bonds is 2.